The molecule has 108 valence electrons. The normalized spacial score (nSPS) is 13.6. The number of rotatable bonds is 6. The highest BCUT2D eigenvalue weighted by atomic mass is 16.6. The van der Waals surface area contributed by atoms with Crippen molar-refractivity contribution in [2.24, 2.45) is 5.73 Å². The standard InChI is InChI=1S/C13H18N4O3/c14-5-1-2-6-15-11-7-9-3-4-13(18)16-10(9)8-12(11)17(19)20/h7-8,15H,1-6,14H2,(H,16,18). The number of nitrogens with one attached hydrogen (secondary N) is 2. The summed E-state index contributed by atoms with van der Waals surface area (Å²) in [5.41, 5.74) is 7.37. The highest BCUT2D eigenvalue weighted by molar-refractivity contribution is 5.95. The van der Waals surface area contributed by atoms with Crippen molar-refractivity contribution >= 4 is 23.0 Å². The van der Waals surface area contributed by atoms with Gasteiger partial charge in [0.2, 0.25) is 5.91 Å². The van der Waals surface area contributed by atoms with Crippen LogP contribution < -0.4 is 16.4 Å². The van der Waals surface area contributed by atoms with E-state index in [0.29, 0.717) is 37.3 Å². The summed E-state index contributed by atoms with van der Waals surface area (Å²) in [5, 5.41) is 16.9. The molecule has 0 saturated heterocycles. The quantitative estimate of drug-likeness (QED) is 0.416. The Kier molecular flexibility index (Phi) is 4.52. The van der Waals surface area contributed by atoms with Gasteiger partial charge in [0.15, 0.2) is 0 Å². The lowest BCUT2D eigenvalue weighted by atomic mass is 10.0. The van der Waals surface area contributed by atoms with Gasteiger partial charge in [0.25, 0.3) is 5.69 Å². The molecule has 1 aliphatic rings. The van der Waals surface area contributed by atoms with Gasteiger partial charge in [0, 0.05) is 19.0 Å². The fourth-order valence-electron chi connectivity index (χ4n) is 2.20. The second-order valence-electron chi connectivity index (χ2n) is 4.75. The van der Waals surface area contributed by atoms with Gasteiger partial charge in [0.05, 0.1) is 10.6 Å². The largest absolute Gasteiger partial charge is 0.379 e. The maximum atomic E-state index is 11.3. The smallest absolute Gasteiger partial charge is 0.294 e. The number of fused-ring (bicyclic) bond motifs is 1. The molecular weight excluding hydrogens is 260 g/mol. The molecule has 0 spiro atoms. The van der Waals surface area contributed by atoms with Crippen molar-refractivity contribution in [2.75, 3.05) is 23.7 Å². The minimum atomic E-state index is -0.438. The van der Waals surface area contributed by atoms with E-state index in [0.717, 1.165) is 18.4 Å². The summed E-state index contributed by atoms with van der Waals surface area (Å²) in [6, 6.07) is 3.19. The average molecular weight is 278 g/mol. The number of anilines is 2. The number of hydrogen-bond donors (Lipinski definition) is 3. The molecule has 1 amide bonds. The van der Waals surface area contributed by atoms with Crippen LogP contribution in [0.5, 0.6) is 0 Å². The van der Waals surface area contributed by atoms with Crippen molar-refractivity contribution in [1.29, 1.82) is 0 Å². The Morgan fingerprint density at radius 1 is 1.35 bits per heavy atom. The highest BCUT2D eigenvalue weighted by Gasteiger charge is 2.22. The van der Waals surface area contributed by atoms with Crippen molar-refractivity contribution < 1.29 is 9.72 Å². The van der Waals surface area contributed by atoms with E-state index in [1.54, 1.807) is 6.07 Å². The SMILES string of the molecule is NCCCCNc1cc2c(cc1[N+](=O)[O-])NC(=O)CC2. The number of carbonyl (C=O) groups excluding carboxylic acids is 1. The fraction of sp³-hybridized carbons (Fsp3) is 0.462. The first-order valence-electron chi connectivity index (χ1n) is 6.67. The Bertz CT molecular complexity index is 531. The van der Waals surface area contributed by atoms with Crippen LogP contribution in [0.25, 0.3) is 0 Å². The molecule has 0 aliphatic carbocycles. The lowest BCUT2D eigenvalue weighted by Crippen LogP contribution is -2.19. The van der Waals surface area contributed by atoms with Gasteiger partial charge < -0.3 is 16.4 Å². The Labute approximate surface area is 116 Å². The maximum absolute atomic E-state index is 11.3. The number of hydrogen-bond acceptors (Lipinski definition) is 5. The summed E-state index contributed by atoms with van der Waals surface area (Å²) >= 11 is 0. The molecule has 7 nitrogen and oxygen atoms in total. The Morgan fingerprint density at radius 3 is 2.85 bits per heavy atom. The summed E-state index contributed by atoms with van der Waals surface area (Å²) in [5.74, 6) is -0.101. The van der Waals surface area contributed by atoms with Gasteiger partial charge in [-0.05, 0) is 37.4 Å². The lowest BCUT2D eigenvalue weighted by molar-refractivity contribution is -0.383. The van der Waals surface area contributed by atoms with Crippen LogP contribution in [-0.4, -0.2) is 23.9 Å². The molecule has 0 saturated carbocycles. The summed E-state index contributed by atoms with van der Waals surface area (Å²) in [4.78, 5) is 22.0. The van der Waals surface area contributed by atoms with Crippen molar-refractivity contribution in [2.45, 2.75) is 25.7 Å². The monoisotopic (exact) mass is 278 g/mol. The summed E-state index contributed by atoms with van der Waals surface area (Å²) in [6.07, 6.45) is 2.76. The number of nitro groups is 1. The third kappa shape index (κ3) is 3.24. The number of benzene rings is 1. The first-order chi connectivity index (χ1) is 9.61. The molecule has 1 heterocycles. The van der Waals surface area contributed by atoms with Gasteiger partial charge in [-0.3, -0.25) is 14.9 Å². The van der Waals surface area contributed by atoms with Crippen molar-refractivity contribution in [3.8, 4) is 0 Å². The van der Waals surface area contributed by atoms with Gasteiger partial charge in [0.1, 0.15) is 5.69 Å². The van der Waals surface area contributed by atoms with Gasteiger partial charge in [-0.15, -0.1) is 0 Å². The number of nitrogens with two attached hydrogens (primary N) is 1. The van der Waals surface area contributed by atoms with E-state index in [1.807, 2.05) is 0 Å². The summed E-state index contributed by atoms with van der Waals surface area (Å²) < 4.78 is 0. The molecule has 20 heavy (non-hydrogen) atoms. The van der Waals surface area contributed by atoms with Crippen LogP contribution in [0.4, 0.5) is 17.1 Å². The molecule has 0 aromatic heterocycles. The number of carbonyl (C=O) groups is 1. The van der Waals surface area contributed by atoms with Gasteiger partial charge in [-0.25, -0.2) is 0 Å². The van der Waals surface area contributed by atoms with Crippen LogP contribution in [0.3, 0.4) is 0 Å². The van der Waals surface area contributed by atoms with E-state index in [-0.39, 0.29) is 11.6 Å². The number of amides is 1. The van der Waals surface area contributed by atoms with Crippen molar-refractivity contribution in [3.63, 3.8) is 0 Å². The van der Waals surface area contributed by atoms with Crippen LogP contribution in [-0.2, 0) is 11.2 Å². The van der Waals surface area contributed by atoms with Gasteiger partial charge in [-0.2, -0.15) is 0 Å². The molecule has 7 heteroatoms. The predicted molar refractivity (Wildman–Crippen MR) is 76.8 cm³/mol. The second kappa shape index (κ2) is 6.33. The minimum Gasteiger partial charge on any atom is -0.379 e. The topological polar surface area (TPSA) is 110 Å². The fourth-order valence-corrected chi connectivity index (χ4v) is 2.20. The first-order valence-corrected chi connectivity index (χ1v) is 6.67. The second-order valence-corrected chi connectivity index (χ2v) is 4.75. The molecule has 1 aromatic carbocycles. The molecule has 0 bridgehead atoms. The number of unbranched alkanes of at least 4 members (excludes halogenated alkanes) is 1. The molecule has 1 aliphatic heterocycles. The molecule has 0 fully saturated rings. The first kappa shape index (κ1) is 14.3. The lowest BCUT2D eigenvalue weighted by Gasteiger charge is -2.18. The van der Waals surface area contributed by atoms with Gasteiger partial charge >= 0.3 is 0 Å². The maximum Gasteiger partial charge on any atom is 0.294 e. The van der Waals surface area contributed by atoms with Crippen molar-refractivity contribution in [3.05, 3.63) is 27.8 Å². The molecule has 0 atom stereocenters. The average Bonchev–Trinajstić information content (AvgIpc) is 2.42. The Morgan fingerprint density at radius 2 is 2.15 bits per heavy atom. The van der Waals surface area contributed by atoms with Crippen LogP contribution in [0.1, 0.15) is 24.8 Å². The number of nitrogens with zero attached hydrogens (tertiary/aromatic N) is 1. The van der Waals surface area contributed by atoms with Crippen LogP contribution in [0.15, 0.2) is 12.1 Å². The number of nitro benzene ring substituents is 1. The Balaban J connectivity index is 2.21. The highest BCUT2D eigenvalue weighted by Crippen LogP contribution is 2.34. The zero-order valence-electron chi connectivity index (χ0n) is 11.1. The molecule has 1 aromatic rings. The summed E-state index contributed by atoms with van der Waals surface area (Å²) in [6.45, 7) is 1.25. The summed E-state index contributed by atoms with van der Waals surface area (Å²) in [7, 11) is 0. The zero-order chi connectivity index (χ0) is 14.5. The van der Waals surface area contributed by atoms with Crippen molar-refractivity contribution in [1.82, 2.24) is 0 Å². The molecule has 4 N–H and O–H groups in total. The van der Waals surface area contributed by atoms with E-state index >= 15 is 0 Å². The van der Waals surface area contributed by atoms with E-state index in [1.165, 1.54) is 6.07 Å². The molecule has 0 radical (unpaired) electrons. The van der Waals surface area contributed by atoms with E-state index < -0.39 is 4.92 Å². The van der Waals surface area contributed by atoms with Crippen LogP contribution >= 0.6 is 0 Å². The van der Waals surface area contributed by atoms with Crippen LogP contribution in [0, 0.1) is 10.1 Å². The zero-order valence-corrected chi connectivity index (χ0v) is 11.1. The molecule has 2 rings (SSSR count). The van der Waals surface area contributed by atoms with E-state index in [9.17, 15) is 14.9 Å². The molecular formula is C13H18N4O3. The van der Waals surface area contributed by atoms with E-state index in [4.69, 9.17) is 5.73 Å². The number of aryl methyl sites for hydroxylation is 1. The minimum absolute atomic E-state index is 0.0151. The predicted octanol–water partition coefficient (Wildman–Crippen LogP) is 1.63. The van der Waals surface area contributed by atoms with Gasteiger partial charge in [-0.1, -0.05) is 0 Å². The third-order valence-electron chi connectivity index (χ3n) is 3.26. The van der Waals surface area contributed by atoms with E-state index in [2.05, 4.69) is 10.6 Å². The molecule has 0 unspecified atom stereocenters. The Hall–Kier alpha value is -2.15. The van der Waals surface area contributed by atoms with Crippen LogP contribution in [0.2, 0.25) is 0 Å². The third-order valence-corrected chi connectivity index (χ3v) is 3.26.